The Labute approximate surface area is 125 Å². The van der Waals surface area contributed by atoms with Crippen LogP contribution >= 0.6 is 0 Å². The summed E-state index contributed by atoms with van der Waals surface area (Å²) in [6, 6.07) is 0. The van der Waals surface area contributed by atoms with E-state index in [2.05, 4.69) is 23.6 Å². The molecular formula is C17H35N3. The fourth-order valence-electron chi connectivity index (χ4n) is 4.27. The summed E-state index contributed by atoms with van der Waals surface area (Å²) in [6.07, 6.45) is 9.53. The molecule has 1 aliphatic carbocycles. The molecule has 0 amide bonds. The topological polar surface area (TPSA) is 32.5 Å². The van der Waals surface area contributed by atoms with Gasteiger partial charge in [-0.1, -0.05) is 20.3 Å². The minimum absolute atomic E-state index is 0.306. The number of hydrogen-bond acceptors (Lipinski definition) is 3. The number of nitrogens with two attached hydrogens (primary N) is 1. The van der Waals surface area contributed by atoms with Crippen LogP contribution in [-0.4, -0.2) is 54.6 Å². The van der Waals surface area contributed by atoms with Crippen molar-refractivity contribution >= 4 is 0 Å². The maximum atomic E-state index is 6.23. The molecule has 2 aliphatic rings. The first-order valence-electron chi connectivity index (χ1n) is 8.91. The van der Waals surface area contributed by atoms with E-state index in [0.29, 0.717) is 5.54 Å². The Kier molecular flexibility index (Phi) is 6.31. The third-order valence-electron chi connectivity index (χ3n) is 5.93. The normalized spacial score (nSPS) is 32.1. The lowest BCUT2D eigenvalue weighted by molar-refractivity contribution is 0.0394. The monoisotopic (exact) mass is 281 g/mol. The fourth-order valence-corrected chi connectivity index (χ4v) is 4.27. The van der Waals surface area contributed by atoms with Crippen LogP contribution in [0.1, 0.15) is 58.8 Å². The third kappa shape index (κ3) is 3.75. The molecule has 1 saturated heterocycles. The van der Waals surface area contributed by atoms with Crippen molar-refractivity contribution in [3.8, 4) is 0 Å². The Balaban J connectivity index is 1.89. The van der Waals surface area contributed by atoms with Crippen molar-refractivity contribution in [1.82, 2.24) is 9.80 Å². The Hall–Kier alpha value is -0.120. The van der Waals surface area contributed by atoms with Crippen LogP contribution in [0, 0.1) is 5.92 Å². The van der Waals surface area contributed by atoms with E-state index in [0.717, 1.165) is 19.0 Å². The highest BCUT2D eigenvalue weighted by Gasteiger charge is 2.38. The van der Waals surface area contributed by atoms with Crippen LogP contribution in [0.5, 0.6) is 0 Å². The van der Waals surface area contributed by atoms with Crippen molar-refractivity contribution in [3.05, 3.63) is 0 Å². The Morgan fingerprint density at radius 2 is 1.80 bits per heavy atom. The highest BCUT2D eigenvalue weighted by atomic mass is 15.2. The second-order valence-corrected chi connectivity index (χ2v) is 6.91. The van der Waals surface area contributed by atoms with Gasteiger partial charge >= 0.3 is 0 Å². The molecule has 1 heterocycles. The highest BCUT2D eigenvalue weighted by Crippen LogP contribution is 2.37. The Morgan fingerprint density at radius 3 is 2.30 bits per heavy atom. The van der Waals surface area contributed by atoms with Gasteiger partial charge in [-0.15, -0.1) is 0 Å². The van der Waals surface area contributed by atoms with Gasteiger partial charge in [0.2, 0.25) is 0 Å². The van der Waals surface area contributed by atoms with Gasteiger partial charge in [-0.05, 0) is 64.1 Å². The molecule has 2 N–H and O–H groups in total. The van der Waals surface area contributed by atoms with Crippen molar-refractivity contribution in [2.75, 3.05) is 39.3 Å². The SMILES string of the molecule is CCC1CCC(CN)(N(CC)CCN2CCCC2)CC1. The van der Waals surface area contributed by atoms with Gasteiger partial charge < -0.3 is 10.6 Å². The number of hydrogen-bond donors (Lipinski definition) is 1. The van der Waals surface area contributed by atoms with Gasteiger partial charge in [-0.2, -0.15) is 0 Å². The molecule has 3 heteroatoms. The van der Waals surface area contributed by atoms with E-state index in [1.54, 1.807) is 0 Å². The molecule has 0 aromatic carbocycles. The standard InChI is InChI=1S/C17H35N3/c1-3-16-7-9-17(15-18,10-8-16)20(4-2)14-13-19-11-5-6-12-19/h16H,3-15,18H2,1-2H3. The lowest BCUT2D eigenvalue weighted by atomic mass is 9.74. The minimum Gasteiger partial charge on any atom is -0.329 e. The molecular weight excluding hydrogens is 246 g/mol. The van der Waals surface area contributed by atoms with Gasteiger partial charge in [0.05, 0.1) is 0 Å². The van der Waals surface area contributed by atoms with Gasteiger partial charge in [0.25, 0.3) is 0 Å². The first-order chi connectivity index (χ1) is 9.74. The average Bonchev–Trinajstić information content (AvgIpc) is 3.01. The van der Waals surface area contributed by atoms with Gasteiger partial charge in [-0.25, -0.2) is 0 Å². The predicted molar refractivity (Wildman–Crippen MR) is 87.0 cm³/mol. The van der Waals surface area contributed by atoms with Crippen molar-refractivity contribution in [3.63, 3.8) is 0 Å². The molecule has 1 saturated carbocycles. The summed E-state index contributed by atoms with van der Waals surface area (Å²) in [4.78, 5) is 5.34. The lowest BCUT2D eigenvalue weighted by Crippen LogP contribution is -2.57. The summed E-state index contributed by atoms with van der Waals surface area (Å²) in [5.41, 5.74) is 6.54. The Bertz CT molecular complexity index is 265. The van der Waals surface area contributed by atoms with Crippen LogP contribution in [0.25, 0.3) is 0 Å². The van der Waals surface area contributed by atoms with Gasteiger partial charge in [0, 0.05) is 25.2 Å². The Morgan fingerprint density at radius 1 is 1.15 bits per heavy atom. The molecule has 0 unspecified atom stereocenters. The van der Waals surface area contributed by atoms with E-state index in [9.17, 15) is 0 Å². The van der Waals surface area contributed by atoms with Crippen LogP contribution < -0.4 is 5.73 Å². The molecule has 0 aromatic rings. The first kappa shape index (κ1) is 16.3. The average molecular weight is 281 g/mol. The summed E-state index contributed by atoms with van der Waals surface area (Å²) in [6.45, 7) is 11.7. The molecule has 0 radical (unpaired) electrons. The summed E-state index contributed by atoms with van der Waals surface area (Å²) in [5, 5.41) is 0. The molecule has 0 bridgehead atoms. The molecule has 0 spiro atoms. The van der Waals surface area contributed by atoms with Crippen LogP contribution in [0.15, 0.2) is 0 Å². The zero-order valence-corrected chi connectivity index (χ0v) is 13.7. The van der Waals surface area contributed by atoms with E-state index in [1.165, 1.54) is 71.1 Å². The highest BCUT2D eigenvalue weighted by molar-refractivity contribution is 4.95. The maximum absolute atomic E-state index is 6.23. The molecule has 1 aliphatic heterocycles. The summed E-state index contributed by atoms with van der Waals surface area (Å²) < 4.78 is 0. The third-order valence-corrected chi connectivity index (χ3v) is 5.93. The van der Waals surface area contributed by atoms with Crippen molar-refractivity contribution in [1.29, 1.82) is 0 Å². The molecule has 0 atom stereocenters. The molecule has 3 nitrogen and oxygen atoms in total. The largest absolute Gasteiger partial charge is 0.329 e. The van der Waals surface area contributed by atoms with Crippen molar-refractivity contribution in [2.45, 2.75) is 64.3 Å². The van der Waals surface area contributed by atoms with E-state index in [4.69, 9.17) is 5.73 Å². The maximum Gasteiger partial charge on any atom is 0.0332 e. The van der Waals surface area contributed by atoms with Crippen LogP contribution in [-0.2, 0) is 0 Å². The summed E-state index contributed by atoms with van der Waals surface area (Å²) in [5.74, 6) is 0.951. The number of rotatable bonds is 7. The second kappa shape index (κ2) is 7.77. The van der Waals surface area contributed by atoms with Crippen molar-refractivity contribution in [2.24, 2.45) is 11.7 Å². The van der Waals surface area contributed by atoms with Crippen LogP contribution in [0.3, 0.4) is 0 Å². The van der Waals surface area contributed by atoms with Gasteiger partial charge in [-0.3, -0.25) is 4.90 Å². The quantitative estimate of drug-likeness (QED) is 0.779. The predicted octanol–water partition coefficient (Wildman–Crippen LogP) is 2.70. The van der Waals surface area contributed by atoms with E-state index >= 15 is 0 Å². The second-order valence-electron chi connectivity index (χ2n) is 6.91. The molecule has 2 rings (SSSR count). The molecule has 0 aromatic heterocycles. The van der Waals surface area contributed by atoms with Gasteiger partial charge in [0.1, 0.15) is 0 Å². The summed E-state index contributed by atoms with van der Waals surface area (Å²) in [7, 11) is 0. The van der Waals surface area contributed by atoms with Crippen LogP contribution in [0.2, 0.25) is 0 Å². The number of likely N-dealkylation sites (N-methyl/N-ethyl adjacent to an activating group) is 1. The zero-order chi connectivity index (χ0) is 14.4. The van der Waals surface area contributed by atoms with Crippen molar-refractivity contribution < 1.29 is 0 Å². The smallest absolute Gasteiger partial charge is 0.0332 e. The lowest BCUT2D eigenvalue weighted by Gasteiger charge is -2.47. The molecule has 2 fully saturated rings. The van der Waals surface area contributed by atoms with E-state index in [1.807, 2.05) is 0 Å². The molecule has 118 valence electrons. The fraction of sp³-hybridized carbons (Fsp3) is 1.00. The number of likely N-dealkylation sites (tertiary alicyclic amines) is 1. The zero-order valence-electron chi connectivity index (χ0n) is 13.7. The minimum atomic E-state index is 0.306. The summed E-state index contributed by atoms with van der Waals surface area (Å²) >= 11 is 0. The van der Waals surface area contributed by atoms with Crippen LogP contribution in [0.4, 0.5) is 0 Å². The van der Waals surface area contributed by atoms with E-state index < -0.39 is 0 Å². The van der Waals surface area contributed by atoms with Gasteiger partial charge in [0.15, 0.2) is 0 Å². The van der Waals surface area contributed by atoms with E-state index in [-0.39, 0.29) is 0 Å². The molecule has 20 heavy (non-hydrogen) atoms. The number of nitrogens with zero attached hydrogens (tertiary/aromatic N) is 2. The first-order valence-corrected chi connectivity index (χ1v) is 8.91.